The lowest BCUT2D eigenvalue weighted by Gasteiger charge is -2.04. The van der Waals surface area contributed by atoms with Gasteiger partial charge in [-0.15, -0.1) is 0 Å². The summed E-state index contributed by atoms with van der Waals surface area (Å²) < 4.78 is 10.1. The summed E-state index contributed by atoms with van der Waals surface area (Å²) in [6.45, 7) is 3.76. The second-order valence-electron chi connectivity index (χ2n) is 2.53. The van der Waals surface area contributed by atoms with Crippen molar-refractivity contribution < 1.29 is 14.6 Å². The van der Waals surface area contributed by atoms with Gasteiger partial charge in [0, 0.05) is 6.07 Å². The zero-order valence-electron chi connectivity index (χ0n) is 7.70. The Kier molecular flexibility index (Phi) is 2.80. The fraction of sp³-hybridized carbons (Fsp3) is 0.200. The van der Waals surface area contributed by atoms with Crippen molar-refractivity contribution in [1.82, 2.24) is 0 Å². The molecule has 1 aromatic carbocycles. The standard InChI is InChI=1S/C10H12O3/c1-7-4-8(12-2)5-10(13-3)9(7)6-11/h4-6,11H,1H2,2-3H3/b9-6+. The summed E-state index contributed by atoms with van der Waals surface area (Å²) in [5.74, 6) is 1.21. The molecule has 0 saturated heterocycles. The second-order valence-corrected chi connectivity index (χ2v) is 2.53. The third kappa shape index (κ3) is 1.75. The van der Waals surface area contributed by atoms with Crippen molar-refractivity contribution in [3.05, 3.63) is 22.6 Å². The van der Waals surface area contributed by atoms with Crippen LogP contribution in [-0.4, -0.2) is 19.3 Å². The molecule has 0 saturated carbocycles. The van der Waals surface area contributed by atoms with Crippen molar-refractivity contribution in [2.45, 2.75) is 0 Å². The molecule has 0 aromatic heterocycles. The highest BCUT2D eigenvalue weighted by Gasteiger charge is 1.99. The van der Waals surface area contributed by atoms with Crippen molar-refractivity contribution in [3.8, 4) is 11.5 Å². The van der Waals surface area contributed by atoms with Gasteiger partial charge in [-0.25, -0.2) is 0 Å². The van der Waals surface area contributed by atoms with Crippen LogP contribution in [0, 0.1) is 0 Å². The molecular weight excluding hydrogens is 168 g/mol. The zero-order chi connectivity index (χ0) is 9.84. The summed E-state index contributed by atoms with van der Waals surface area (Å²) in [5.41, 5.74) is 0. The first-order valence-electron chi connectivity index (χ1n) is 3.78. The van der Waals surface area contributed by atoms with Crippen LogP contribution in [0.25, 0.3) is 12.8 Å². The Labute approximate surface area is 76.5 Å². The molecule has 0 heterocycles. The normalized spacial score (nSPS) is 11.4. The minimum Gasteiger partial charge on any atom is -0.515 e. The summed E-state index contributed by atoms with van der Waals surface area (Å²) >= 11 is 0. The number of ether oxygens (including phenoxy) is 2. The Hall–Kier alpha value is -1.64. The Morgan fingerprint density at radius 2 is 2.00 bits per heavy atom. The van der Waals surface area contributed by atoms with Gasteiger partial charge in [0.25, 0.3) is 0 Å². The molecule has 0 atom stereocenters. The molecule has 70 valence electrons. The van der Waals surface area contributed by atoms with Crippen LogP contribution in [-0.2, 0) is 0 Å². The zero-order valence-corrected chi connectivity index (χ0v) is 7.70. The van der Waals surface area contributed by atoms with Gasteiger partial charge in [-0.3, -0.25) is 0 Å². The van der Waals surface area contributed by atoms with Crippen LogP contribution in [0.15, 0.2) is 12.1 Å². The summed E-state index contributed by atoms with van der Waals surface area (Å²) in [5, 5.41) is 10.1. The van der Waals surface area contributed by atoms with E-state index < -0.39 is 0 Å². The summed E-state index contributed by atoms with van der Waals surface area (Å²) in [6.07, 6.45) is 0.973. The van der Waals surface area contributed by atoms with E-state index in [1.165, 1.54) is 7.11 Å². The van der Waals surface area contributed by atoms with E-state index in [0.29, 0.717) is 21.9 Å². The maximum absolute atomic E-state index is 8.91. The number of hydrogen-bond acceptors (Lipinski definition) is 3. The third-order valence-corrected chi connectivity index (χ3v) is 1.79. The van der Waals surface area contributed by atoms with E-state index in [9.17, 15) is 0 Å². The van der Waals surface area contributed by atoms with Gasteiger partial charge in [0.15, 0.2) is 0 Å². The van der Waals surface area contributed by atoms with Crippen molar-refractivity contribution >= 4 is 12.8 Å². The maximum Gasteiger partial charge on any atom is 0.133 e. The first-order valence-corrected chi connectivity index (χ1v) is 3.78. The lowest BCUT2D eigenvalue weighted by atomic mass is 10.2. The molecule has 13 heavy (non-hydrogen) atoms. The number of aliphatic hydroxyl groups is 1. The van der Waals surface area contributed by atoms with Crippen LogP contribution >= 0.6 is 0 Å². The molecule has 0 spiro atoms. The van der Waals surface area contributed by atoms with Crippen LogP contribution in [0.2, 0.25) is 0 Å². The van der Waals surface area contributed by atoms with Gasteiger partial charge in [0.2, 0.25) is 0 Å². The molecular formula is C10H12O3. The topological polar surface area (TPSA) is 38.7 Å². The van der Waals surface area contributed by atoms with Gasteiger partial charge in [-0.05, 0) is 11.3 Å². The molecule has 1 rings (SSSR count). The molecule has 0 aliphatic rings. The highest BCUT2D eigenvalue weighted by molar-refractivity contribution is 5.39. The lowest BCUT2D eigenvalue weighted by molar-refractivity contribution is 0.390. The molecule has 0 unspecified atom stereocenters. The molecule has 1 N–H and O–H groups in total. The van der Waals surface area contributed by atoms with Crippen LogP contribution in [0.3, 0.4) is 0 Å². The number of benzene rings is 1. The van der Waals surface area contributed by atoms with E-state index >= 15 is 0 Å². The molecule has 3 heteroatoms. The van der Waals surface area contributed by atoms with Gasteiger partial charge >= 0.3 is 0 Å². The smallest absolute Gasteiger partial charge is 0.133 e. The maximum atomic E-state index is 8.91. The van der Waals surface area contributed by atoms with E-state index in [1.54, 1.807) is 19.2 Å². The van der Waals surface area contributed by atoms with Crippen LogP contribution in [0.5, 0.6) is 11.5 Å². The van der Waals surface area contributed by atoms with Crippen molar-refractivity contribution in [3.63, 3.8) is 0 Å². The van der Waals surface area contributed by atoms with Crippen molar-refractivity contribution in [2.24, 2.45) is 0 Å². The first-order chi connectivity index (χ1) is 6.22. The number of hydrogen-bond donors (Lipinski definition) is 1. The average Bonchev–Trinajstić information content (AvgIpc) is 2.16. The Balaban J connectivity index is 3.48. The largest absolute Gasteiger partial charge is 0.515 e. The highest BCUT2D eigenvalue weighted by atomic mass is 16.5. The fourth-order valence-electron chi connectivity index (χ4n) is 1.09. The SMILES string of the molecule is C=c1cc(OC)cc(OC)/c1=C/O. The predicted molar refractivity (Wildman–Crippen MR) is 51.4 cm³/mol. The third-order valence-electron chi connectivity index (χ3n) is 1.79. The van der Waals surface area contributed by atoms with Gasteiger partial charge in [0.1, 0.15) is 11.5 Å². The van der Waals surface area contributed by atoms with E-state index in [0.717, 1.165) is 6.26 Å². The highest BCUT2D eigenvalue weighted by Crippen LogP contribution is 2.11. The van der Waals surface area contributed by atoms with Crippen LogP contribution in [0.1, 0.15) is 0 Å². The first kappa shape index (κ1) is 9.45. The van der Waals surface area contributed by atoms with E-state index in [2.05, 4.69) is 6.58 Å². The van der Waals surface area contributed by atoms with Crippen LogP contribution in [0.4, 0.5) is 0 Å². The average molecular weight is 180 g/mol. The number of methoxy groups -OCH3 is 2. The molecule has 0 amide bonds. The summed E-state index contributed by atoms with van der Waals surface area (Å²) in [7, 11) is 3.10. The second kappa shape index (κ2) is 3.85. The quantitative estimate of drug-likeness (QED) is 0.716. The molecule has 0 radical (unpaired) electrons. The number of rotatable bonds is 2. The molecule has 0 aliphatic heterocycles. The van der Waals surface area contributed by atoms with Gasteiger partial charge in [0.05, 0.1) is 25.7 Å². The minimum absolute atomic E-state index is 0.548. The summed E-state index contributed by atoms with van der Waals surface area (Å²) in [6, 6.07) is 3.42. The van der Waals surface area contributed by atoms with E-state index in [-0.39, 0.29) is 0 Å². The Morgan fingerprint density at radius 3 is 2.46 bits per heavy atom. The minimum atomic E-state index is 0.548. The van der Waals surface area contributed by atoms with Gasteiger partial charge in [-0.2, -0.15) is 0 Å². The van der Waals surface area contributed by atoms with Gasteiger partial charge < -0.3 is 14.6 Å². The van der Waals surface area contributed by atoms with E-state index in [4.69, 9.17) is 14.6 Å². The lowest BCUT2D eigenvalue weighted by Crippen LogP contribution is -2.24. The molecule has 0 aliphatic carbocycles. The van der Waals surface area contributed by atoms with Crippen molar-refractivity contribution in [2.75, 3.05) is 14.2 Å². The van der Waals surface area contributed by atoms with E-state index in [1.807, 2.05) is 0 Å². The van der Waals surface area contributed by atoms with Crippen LogP contribution < -0.4 is 19.9 Å². The van der Waals surface area contributed by atoms with Gasteiger partial charge in [-0.1, -0.05) is 6.58 Å². The molecule has 0 bridgehead atoms. The summed E-state index contributed by atoms with van der Waals surface area (Å²) in [4.78, 5) is 0. The Morgan fingerprint density at radius 1 is 1.31 bits per heavy atom. The van der Waals surface area contributed by atoms with Crippen molar-refractivity contribution in [1.29, 1.82) is 0 Å². The molecule has 3 nitrogen and oxygen atoms in total. The number of aliphatic hydroxyl groups excluding tert-OH is 1. The Bertz CT molecular complexity index is 395. The predicted octanol–water partition coefficient (Wildman–Crippen LogP) is 0.410. The molecule has 1 aromatic rings. The monoisotopic (exact) mass is 180 g/mol. The fourth-order valence-corrected chi connectivity index (χ4v) is 1.09. The molecule has 0 fully saturated rings.